The molecule has 0 amide bonds. The Bertz CT molecular complexity index is 168. The van der Waals surface area contributed by atoms with Crippen LogP contribution in [-0.4, -0.2) is 0 Å². The van der Waals surface area contributed by atoms with Crippen LogP contribution in [-0.2, 0) is 0 Å². The maximum Gasteiger partial charge on any atom is 0.107 e. The van der Waals surface area contributed by atoms with Gasteiger partial charge in [0.25, 0.3) is 0 Å². The third-order valence-corrected chi connectivity index (χ3v) is 1.78. The van der Waals surface area contributed by atoms with E-state index in [9.17, 15) is 4.39 Å². The van der Waals surface area contributed by atoms with E-state index >= 15 is 0 Å². The molecule has 0 nitrogen and oxygen atoms in total. The highest BCUT2D eigenvalue weighted by Gasteiger charge is 2.07. The number of hydrogen-bond acceptors (Lipinski definition) is 0. The van der Waals surface area contributed by atoms with Gasteiger partial charge in [-0.1, -0.05) is 38.5 Å². The first-order chi connectivity index (χ1) is 5.76. The van der Waals surface area contributed by atoms with E-state index in [1.807, 2.05) is 0 Å². The summed E-state index contributed by atoms with van der Waals surface area (Å²) in [5, 5.41) is 0. The Kier molecular flexibility index (Phi) is 6.35. The second-order valence-corrected chi connectivity index (χ2v) is 2.77. The Morgan fingerprint density at radius 3 is 2.58 bits per heavy atom. The van der Waals surface area contributed by atoms with Crippen molar-refractivity contribution in [3.05, 3.63) is 37.2 Å². The number of unbranched alkanes of at least 4 members (excludes halogenated alkanes) is 1. The van der Waals surface area contributed by atoms with Gasteiger partial charge >= 0.3 is 0 Å². The van der Waals surface area contributed by atoms with Gasteiger partial charge in [-0.25, -0.2) is 4.39 Å². The van der Waals surface area contributed by atoms with E-state index in [0.29, 0.717) is 0 Å². The Balaban J connectivity index is 4.04. The van der Waals surface area contributed by atoms with Crippen LogP contribution >= 0.6 is 0 Å². The van der Waals surface area contributed by atoms with E-state index in [1.54, 1.807) is 6.08 Å². The molecule has 1 heteroatoms. The van der Waals surface area contributed by atoms with E-state index < -0.39 is 0 Å². The fraction of sp³-hybridized carbons (Fsp3) is 0.455. The Hall–Kier alpha value is -0.850. The highest BCUT2D eigenvalue weighted by molar-refractivity contribution is 5.10. The number of allylic oxidation sites excluding steroid dienone is 4. The number of halogens is 1. The van der Waals surface area contributed by atoms with Crippen molar-refractivity contribution in [2.75, 3.05) is 0 Å². The first-order valence-corrected chi connectivity index (χ1v) is 4.36. The Labute approximate surface area is 74.5 Å². The molecule has 0 aliphatic rings. The van der Waals surface area contributed by atoms with Gasteiger partial charge in [-0.3, -0.25) is 0 Å². The van der Waals surface area contributed by atoms with Crippen molar-refractivity contribution >= 4 is 0 Å². The fourth-order valence-corrected chi connectivity index (χ4v) is 1.03. The summed E-state index contributed by atoms with van der Waals surface area (Å²) in [6, 6.07) is 0. The van der Waals surface area contributed by atoms with Gasteiger partial charge < -0.3 is 0 Å². The molecule has 1 atom stereocenters. The molecule has 0 aliphatic carbocycles. The van der Waals surface area contributed by atoms with Crippen LogP contribution in [0.4, 0.5) is 4.39 Å². The molecule has 0 rings (SSSR count). The fourth-order valence-electron chi connectivity index (χ4n) is 1.03. The molecule has 0 aromatic rings. The normalized spacial score (nSPS) is 14.0. The zero-order valence-electron chi connectivity index (χ0n) is 7.72. The van der Waals surface area contributed by atoms with Crippen LogP contribution in [0.25, 0.3) is 0 Å². The minimum absolute atomic E-state index is 0.122. The minimum atomic E-state index is -0.131. The molecule has 0 aliphatic heterocycles. The molecule has 0 aromatic carbocycles. The van der Waals surface area contributed by atoms with Crippen molar-refractivity contribution in [1.29, 1.82) is 0 Å². The lowest BCUT2D eigenvalue weighted by Crippen LogP contribution is -1.96. The molecular formula is C11H17F. The molecule has 0 fully saturated rings. The number of hydrogen-bond donors (Lipinski definition) is 0. The summed E-state index contributed by atoms with van der Waals surface area (Å²) in [7, 11) is 0. The van der Waals surface area contributed by atoms with Gasteiger partial charge in [0, 0.05) is 5.92 Å². The second kappa shape index (κ2) is 6.84. The molecule has 0 aromatic heterocycles. The van der Waals surface area contributed by atoms with Crippen molar-refractivity contribution < 1.29 is 4.39 Å². The van der Waals surface area contributed by atoms with Gasteiger partial charge in [0.2, 0.25) is 0 Å². The third kappa shape index (κ3) is 4.12. The first-order valence-electron chi connectivity index (χ1n) is 4.36. The zero-order valence-corrected chi connectivity index (χ0v) is 7.72. The summed E-state index contributed by atoms with van der Waals surface area (Å²) in [6.45, 7) is 9.14. The lowest BCUT2D eigenvalue weighted by Gasteiger charge is -2.08. The van der Waals surface area contributed by atoms with Crippen LogP contribution in [0.1, 0.15) is 26.2 Å². The van der Waals surface area contributed by atoms with Crippen LogP contribution in [0.5, 0.6) is 0 Å². The van der Waals surface area contributed by atoms with Gasteiger partial charge in [-0.2, -0.15) is 0 Å². The van der Waals surface area contributed by atoms with Gasteiger partial charge in [-0.15, -0.1) is 6.58 Å². The van der Waals surface area contributed by atoms with Crippen LogP contribution < -0.4 is 0 Å². The zero-order chi connectivity index (χ0) is 9.40. The van der Waals surface area contributed by atoms with E-state index in [4.69, 9.17) is 0 Å². The molecular weight excluding hydrogens is 151 g/mol. The van der Waals surface area contributed by atoms with Crippen molar-refractivity contribution in [3.63, 3.8) is 0 Å². The van der Waals surface area contributed by atoms with Crippen LogP contribution in [0.2, 0.25) is 0 Å². The summed E-state index contributed by atoms with van der Waals surface area (Å²) in [5.74, 6) is -0.253. The highest BCUT2D eigenvalue weighted by atomic mass is 19.1. The van der Waals surface area contributed by atoms with Crippen molar-refractivity contribution in [3.8, 4) is 0 Å². The van der Waals surface area contributed by atoms with Crippen LogP contribution in [0, 0.1) is 5.92 Å². The topological polar surface area (TPSA) is 0 Å². The maximum absolute atomic E-state index is 13.1. The van der Waals surface area contributed by atoms with E-state index in [-0.39, 0.29) is 11.7 Å². The molecule has 1 unspecified atom stereocenters. The summed E-state index contributed by atoms with van der Waals surface area (Å²) in [6.07, 6.45) is 7.50. The predicted octanol–water partition coefficient (Wildman–Crippen LogP) is 4.02. The molecule has 0 heterocycles. The van der Waals surface area contributed by atoms with Gasteiger partial charge in [0.15, 0.2) is 0 Å². The monoisotopic (exact) mass is 168 g/mol. The van der Waals surface area contributed by atoms with Crippen LogP contribution in [0.15, 0.2) is 37.2 Å². The van der Waals surface area contributed by atoms with Gasteiger partial charge in [-0.05, 0) is 12.5 Å². The van der Waals surface area contributed by atoms with Crippen molar-refractivity contribution in [1.82, 2.24) is 0 Å². The molecule has 0 bridgehead atoms. The van der Waals surface area contributed by atoms with Crippen LogP contribution in [0.3, 0.4) is 0 Å². The van der Waals surface area contributed by atoms with Gasteiger partial charge in [0.05, 0.1) is 0 Å². The van der Waals surface area contributed by atoms with Gasteiger partial charge in [0.1, 0.15) is 5.83 Å². The number of rotatable bonds is 6. The third-order valence-electron chi connectivity index (χ3n) is 1.78. The first kappa shape index (κ1) is 11.2. The maximum atomic E-state index is 13.1. The average molecular weight is 168 g/mol. The summed E-state index contributed by atoms with van der Waals surface area (Å²) in [4.78, 5) is 0. The lowest BCUT2D eigenvalue weighted by atomic mass is 10.0. The Morgan fingerprint density at radius 2 is 2.17 bits per heavy atom. The SMILES string of the molecule is C=C/C=C(/F)C(C=C)CCCC. The van der Waals surface area contributed by atoms with Crippen molar-refractivity contribution in [2.45, 2.75) is 26.2 Å². The van der Waals surface area contributed by atoms with Crippen molar-refractivity contribution in [2.24, 2.45) is 5.92 Å². The highest BCUT2D eigenvalue weighted by Crippen LogP contribution is 2.20. The lowest BCUT2D eigenvalue weighted by molar-refractivity contribution is 0.488. The smallest absolute Gasteiger partial charge is 0.107 e. The molecule has 0 N–H and O–H groups in total. The standard InChI is InChI=1S/C11H17F/c1-4-7-9-10(6-3)11(12)8-5-2/h5-6,8,10H,2-4,7,9H2,1H3/b11-8+. The largest absolute Gasteiger partial charge is 0.211 e. The predicted molar refractivity (Wildman–Crippen MR) is 52.6 cm³/mol. The minimum Gasteiger partial charge on any atom is -0.211 e. The van der Waals surface area contributed by atoms with E-state index in [0.717, 1.165) is 19.3 Å². The summed E-state index contributed by atoms with van der Waals surface area (Å²) < 4.78 is 13.1. The summed E-state index contributed by atoms with van der Waals surface area (Å²) >= 11 is 0. The molecule has 68 valence electrons. The molecule has 0 radical (unpaired) electrons. The quantitative estimate of drug-likeness (QED) is 0.415. The molecule has 0 saturated carbocycles. The molecule has 0 saturated heterocycles. The second-order valence-electron chi connectivity index (χ2n) is 2.77. The average Bonchev–Trinajstić information content (AvgIpc) is 2.06. The van der Waals surface area contributed by atoms with E-state index in [1.165, 1.54) is 12.2 Å². The molecule has 12 heavy (non-hydrogen) atoms. The summed E-state index contributed by atoms with van der Waals surface area (Å²) in [5.41, 5.74) is 0. The van der Waals surface area contributed by atoms with E-state index in [2.05, 4.69) is 20.1 Å². The molecule has 0 spiro atoms. The Morgan fingerprint density at radius 1 is 1.50 bits per heavy atom.